The summed E-state index contributed by atoms with van der Waals surface area (Å²) in [6.07, 6.45) is 8.99. The number of halogens is 2. The Morgan fingerprint density at radius 3 is 2.08 bits per heavy atom. The number of nitrogens with one attached hydrogen (secondary N) is 2. The fourth-order valence-electron chi connectivity index (χ4n) is 12.6. The number of allylic oxidation sites excluding steroid dienone is 1. The summed E-state index contributed by atoms with van der Waals surface area (Å²) in [4.78, 5) is 76.8. The van der Waals surface area contributed by atoms with E-state index in [0.29, 0.717) is 17.3 Å². The van der Waals surface area contributed by atoms with Gasteiger partial charge in [0.15, 0.2) is 11.6 Å². The smallest absolute Gasteiger partial charge is 0.303 e. The minimum atomic E-state index is -4.64. The second-order valence-corrected chi connectivity index (χ2v) is 23.4. The van der Waals surface area contributed by atoms with Crippen LogP contribution in [0.3, 0.4) is 0 Å². The zero-order valence-electron chi connectivity index (χ0n) is 38.0. The molecule has 4 aliphatic carbocycles. The maximum Gasteiger partial charge on any atom is 0.303 e. The maximum atomic E-state index is 15.3. The van der Waals surface area contributed by atoms with E-state index in [1.54, 1.807) is 4.90 Å². The molecule has 0 radical (unpaired) electrons. The Balaban J connectivity index is 1.28. The summed E-state index contributed by atoms with van der Waals surface area (Å²) < 4.78 is 54.4. The average molecular weight is 878 g/mol. The van der Waals surface area contributed by atoms with Gasteiger partial charge in [0.25, 0.3) is 6.43 Å². The van der Waals surface area contributed by atoms with Crippen LogP contribution in [-0.4, -0.2) is 109 Å². The molecule has 12 nitrogen and oxygen atoms in total. The van der Waals surface area contributed by atoms with E-state index in [0.717, 1.165) is 84.2 Å². The Bertz CT molecular complexity index is 1840. The minimum Gasteiger partial charge on any atom is -0.345 e. The predicted molar refractivity (Wildman–Crippen MR) is 229 cm³/mol. The molecule has 15 heteroatoms. The quantitative estimate of drug-likeness (QED) is 0.159. The van der Waals surface area contributed by atoms with Crippen molar-refractivity contribution in [3.8, 4) is 0 Å². The second kappa shape index (κ2) is 17.3. The van der Waals surface area contributed by atoms with E-state index >= 15 is 4.79 Å². The van der Waals surface area contributed by atoms with Crippen LogP contribution in [0.1, 0.15) is 145 Å². The van der Waals surface area contributed by atoms with Crippen molar-refractivity contribution >= 4 is 39.5 Å². The molecule has 0 aromatic heterocycles. The molecule has 0 aromatic carbocycles. The lowest BCUT2D eigenvalue weighted by Crippen LogP contribution is -2.57. The zero-order chi connectivity index (χ0) is 45.1. The van der Waals surface area contributed by atoms with E-state index in [9.17, 15) is 36.4 Å². The zero-order valence-corrected chi connectivity index (χ0v) is 38.8. The van der Waals surface area contributed by atoms with Gasteiger partial charge in [-0.25, -0.2) is 13.5 Å². The normalized spacial score (nSPS) is 30.9. The van der Waals surface area contributed by atoms with Gasteiger partial charge >= 0.3 is 10.2 Å². The van der Waals surface area contributed by atoms with Gasteiger partial charge in [0.2, 0.25) is 17.7 Å². The standard InChI is InChI=1S/C46H73F2N5O7S/c1-10-31-24-44(31,41(58)50-61(59,60)51(9)27-37(47)48)26-36(55)34-25-46(43(7,8)45(46)20-16-21-45)28-53(34)40(57)32(42(4,5)6)23-35(54)38(30-17-12-11-13-18-30)49-39(56)33-19-14-15-22-52(33)29(2)3/h10,29-34,37-38H,1,11-28H2,2-9H3,(H,49,56)(H,50,58)/t31-,32-,33+,34+,38+,44-,46-/m1/s1. The monoisotopic (exact) mass is 878 g/mol. The molecule has 0 unspecified atom stereocenters. The molecule has 2 spiro atoms. The fourth-order valence-corrected chi connectivity index (χ4v) is 13.5. The Morgan fingerprint density at radius 2 is 1.56 bits per heavy atom. The number of carbonyl (C=O) groups is 5. The van der Waals surface area contributed by atoms with Crippen LogP contribution in [0.25, 0.3) is 0 Å². The van der Waals surface area contributed by atoms with E-state index in [1.165, 1.54) is 6.08 Å². The van der Waals surface area contributed by atoms with Gasteiger partial charge in [-0.3, -0.25) is 28.9 Å². The van der Waals surface area contributed by atoms with Crippen molar-refractivity contribution < 1.29 is 41.2 Å². The van der Waals surface area contributed by atoms with Crippen LogP contribution in [0, 0.1) is 44.8 Å². The number of carbonyl (C=O) groups excluding carboxylic acids is 5. The minimum absolute atomic E-state index is 0.0372. The summed E-state index contributed by atoms with van der Waals surface area (Å²) in [5, 5.41) is 3.24. The molecule has 7 atom stereocenters. The van der Waals surface area contributed by atoms with Crippen molar-refractivity contribution in [3.63, 3.8) is 0 Å². The first-order chi connectivity index (χ1) is 28.4. The largest absolute Gasteiger partial charge is 0.345 e. The molecule has 344 valence electrons. The van der Waals surface area contributed by atoms with E-state index < -0.39 is 63.8 Å². The maximum absolute atomic E-state index is 15.3. The highest BCUT2D eigenvalue weighted by molar-refractivity contribution is 7.87. The Kier molecular flexibility index (Phi) is 13.5. The lowest BCUT2D eigenvalue weighted by Gasteiger charge is -2.40. The number of nitrogens with zero attached hydrogens (tertiary/aromatic N) is 3. The van der Waals surface area contributed by atoms with Crippen LogP contribution in [0.4, 0.5) is 8.78 Å². The van der Waals surface area contributed by atoms with Crippen molar-refractivity contribution in [2.45, 2.75) is 175 Å². The number of fused-ring (bicyclic) bond motifs is 1. The third-order valence-corrected chi connectivity index (χ3v) is 18.3. The Morgan fingerprint density at radius 1 is 0.918 bits per heavy atom. The molecular weight excluding hydrogens is 805 g/mol. The lowest BCUT2D eigenvalue weighted by molar-refractivity contribution is -0.147. The molecule has 6 fully saturated rings. The van der Waals surface area contributed by atoms with E-state index in [2.05, 4.69) is 44.5 Å². The molecule has 6 aliphatic rings. The molecule has 2 N–H and O–H groups in total. The molecule has 0 bridgehead atoms. The van der Waals surface area contributed by atoms with Crippen molar-refractivity contribution in [1.29, 1.82) is 0 Å². The summed E-state index contributed by atoms with van der Waals surface area (Å²) in [5.74, 6) is -3.31. The molecule has 6 rings (SSSR count). The van der Waals surface area contributed by atoms with Crippen molar-refractivity contribution in [3.05, 3.63) is 12.7 Å². The molecular formula is C46H73F2N5O7S. The molecule has 2 heterocycles. The molecule has 3 amide bonds. The Hall–Kier alpha value is -2.78. The SMILES string of the molecule is C=C[C@@H]1C[C@]1(CC(=O)[C@@H]1C[C@@]2(CN1C(=O)[C@@H](CC(=O)[C@@H](NC(=O)[C@@H]1CCCCN1C(C)C)C1CCCCC1)C(C)(C)C)C(C)(C)C21CCC1)C(=O)NS(=O)(=O)N(C)CC(F)F. The number of rotatable bonds is 17. The first kappa shape index (κ1) is 47.7. The van der Waals surface area contributed by atoms with Crippen LogP contribution >= 0.6 is 0 Å². The number of piperidine rings is 1. The third kappa shape index (κ3) is 8.63. The van der Waals surface area contributed by atoms with Crippen molar-refractivity contribution in [1.82, 2.24) is 24.1 Å². The summed E-state index contributed by atoms with van der Waals surface area (Å²) in [6.45, 7) is 18.3. The highest BCUT2D eigenvalue weighted by Gasteiger charge is 2.85. The van der Waals surface area contributed by atoms with Crippen LogP contribution < -0.4 is 10.0 Å². The fraction of sp³-hybridized carbons (Fsp3) is 0.848. The molecule has 4 saturated carbocycles. The van der Waals surface area contributed by atoms with Crippen LogP contribution in [0.5, 0.6) is 0 Å². The van der Waals surface area contributed by atoms with E-state index in [-0.39, 0.29) is 76.9 Å². The number of hydrogen-bond acceptors (Lipinski definition) is 8. The molecule has 2 saturated heterocycles. The highest BCUT2D eigenvalue weighted by Crippen LogP contribution is 2.88. The predicted octanol–water partition coefficient (Wildman–Crippen LogP) is 6.44. The van der Waals surface area contributed by atoms with Crippen LogP contribution in [0.2, 0.25) is 0 Å². The molecule has 2 aliphatic heterocycles. The van der Waals surface area contributed by atoms with Gasteiger partial charge in [-0.2, -0.15) is 12.7 Å². The first-order valence-corrected chi connectivity index (χ1v) is 24.4. The summed E-state index contributed by atoms with van der Waals surface area (Å²) in [7, 11) is -3.69. The summed E-state index contributed by atoms with van der Waals surface area (Å²) in [6, 6.07) is -1.79. The summed E-state index contributed by atoms with van der Waals surface area (Å²) in [5.41, 5.74) is -2.73. The van der Waals surface area contributed by atoms with Crippen molar-refractivity contribution in [2.75, 3.05) is 26.7 Å². The molecule has 61 heavy (non-hydrogen) atoms. The number of amides is 3. The molecule has 0 aromatic rings. The number of alkyl halides is 2. The number of likely N-dealkylation sites (tertiary alicyclic amines) is 2. The number of Topliss-reactive ketones (excluding diaryl/α,β-unsaturated/α-hetero) is 2. The Labute approximate surface area is 363 Å². The third-order valence-electron chi connectivity index (χ3n) is 16.9. The van der Waals surface area contributed by atoms with Crippen LogP contribution in [0.15, 0.2) is 12.7 Å². The topological polar surface area (TPSA) is 153 Å². The van der Waals surface area contributed by atoms with Crippen LogP contribution in [-0.2, 0) is 34.2 Å². The summed E-state index contributed by atoms with van der Waals surface area (Å²) >= 11 is 0. The lowest BCUT2D eigenvalue weighted by atomic mass is 9.73. The van der Waals surface area contributed by atoms with Gasteiger partial charge < -0.3 is 10.2 Å². The van der Waals surface area contributed by atoms with Crippen molar-refractivity contribution in [2.24, 2.45) is 44.8 Å². The van der Waals surface area contributed by atoms with Gasteiger partial charge in [-0.1, -0.05) is 72.8 Å². The number of hydrogen-bond donors (Lipinski definition) is 2. The average Bonchev–Trinajstić information content (AvgIpc) is 3.90. The number of ketones is 2. The highest BCUT2D eigenvalue weighted by atomic mass is 32.2. The van der Waals surface area contributed by atoms with Gasteiger partial charge in [-0.05, 0) is 99.8 Å². The van der Waals surface area contributed by atoms with E-state index in [4.69, 9.17) is 0 Å². The first-order valence-electron chi connectivity index (χ1n) is 23.0. The second-order valence-electron chi connectivity index (χ2n) is 21.6. The van der Waals surface area contributed by atoms with Gasteiger partial charge in [0.05, 0.1) is 30.1 Å². The van der Waals surface area contributed by atoms with Gasteiger partial charge in [0.1, 0.15) is 0 Å². The van der Waals surface area contributed by atoms with E-state index in [1.807, 2.05) is 25.5 Å². The van der Waals surface area contributed by atoms with Gasteiger partial charge in [0, 0.05) is 43.8 Å². The van der Waals surface area contributed by atoms with Gasteiger partial charge in [-0.15, -0.1) is 6.58 Å².